The maximum atomic E-state index is 11.9. The topological polar surface area (TPSA) is 129 Å². The minimum absolute atomic E-state index is 0.113. The predicted molar refractivity (Wildman–Crippen MR) is 71.0 cm³/mol. The molecule has 0 aliphatic carbocycles. The summed E-state index contributed by atoms with van der Waals surface area (Å²) in [5.41, 5.74) is 10.8. The Balaban J connectivity index is 2.33. The van der Waals surface area contributed by atoms with E-state index in [0.717, 1.165) is 0 Å². The Morgan fingerprint density at radius 2 is 1.20 bits per heavy atom. The molecular formula is C13H10N4O3. The molecule has 100 valence electrons. The maximum Gasteiger partial charge on any atom is 0.274 e. The van der Waals surface area contributed by atoms with Gasteiger partial charge in [0.05, 0.1) is 11.1 Å². The van der Waals surface area contributed by atoms with Crippen LogP contribution in [0.5, 0.6) is 0 Å². The number of nitrogens with two attached hydrogens (primary N) is 2. The van der Waals surface area contributed by atoms with E-state index in [4.69, 9.17) is 11.5 Å². The van der Waals surface area contributed by atoms with Crippen LogP contribution in [-0.4, -0.2) is 27.3 Å². The Bertz CT molecular complexity index is 653. The maximum absolute atomic E-state index is 11.9. The Morgan fingerprint density at radius 1 is 0.800 bits per heavy atom. The van der Waals surface area contributed by atoms with Gasteiger partial charge in [0.1, 0.15) is 11.6 Å². The molecule has 0 aliphatic heterocycles. The van der Waals surface area contributed by atoms with E-state index in [-0.39, 0.29) is 22.8 Å². The number of carbonyl (C=O) groups excluding carboxylic acids is 3. The van der Waals surface area contributed by atoms with E-state index in [2.05, 4.69) is 9.97 Å². The van der Waals surface area contributed by atoms with Gasteiger partial charge in [-0.2, -0.15) is 0 Å². The average molecular weight is 270 g/mol. The molecule has 7 nitrogen and oxygen atoms in total. The zero-order chi connectivity index (χ0) is 14.7. The number of nitrogens with zero attached hydrogens (tertiary/aromatic N) is 2. The molecule has 0 amide bonds. The Hall–Kier alpha value is -3.09. The largest absolute Gasteiger partial charge is 0.383 e. The van der Waals surface area contributed by atoms with Crippen molar-refractivity contribution in [1.29, 1.82) is 0 Å². The lowest BCUT2D eigenvalue weighted by Gasteiger charge is -2.04. The van der Waals surface area contributed by atoms with Crippen molar-refractivity contribution in [1.82, 2.24) is 9.97 Å². The number of anilines is 2. The summed E-state index contributed by atoms with van der Waals surface area (Å²) in [7, 11) is 0. The van der Waals surface area contributed by atoms with Crippen LogP contribution in [0.15, 0.2) is 36.7 Å². The summed E-state index contributed by atoms with van der Waals surface area (Å²) in [6.45, 7) is 0. The average Bonchev–Trinajstić information content (AvgIpc) is 2.46. The van der Waals surface area contributed by atoms with Gasteiger partial charge in [-0.1, -0.05) is 0 Å². The molecule has 7 heteroatoms. The summed E-state index contributed by atoms with van der Waals surface area (Å²) in [4.78, 5) is 43.1. The molecule has 20 heavy (non-hydrogen) atoms. The molecule has 0 fully saturated rings. The number of ketones is 3. The molecule has 2 aromatic rings. The zero-order valence-electron chi connectivity index (χ0n) is 10.2. The second-order valence-electron chi connectivity index (χ2n) is 3.86. The molecule has 0 bridgehead atoms. The molecule has 0 aromatic carbocycles. The molecule has 2 rings (SSSR count). The highest BCUT2D eigenvalue weighted by Gasteiger charge is 2.28. The van der Waals surface area contributed by atoms with E-state index < -0.39 is 17.3 Å². The number of Topliss-reactive ketones (excluding diaryl/α,β-unsaturated/α-hetero) is 3. The summed E-state index contributed by atoms with van der Waals surface area (Å²) in [6, 6.07) is 5.53. The number of hydrogen-bond acceptors (Lipinski definition) is 7. The SMILES string of the molecule is Nc1ncccc1C(=O)C(=O)C(=O)c1cccnc1N. The molecule has 0 saturated carbocycles. The van der Waals surface area contributed by atoms with E-state index in [1.165, 1.54) is 36.7 Å². The van der Waals surface area contributed by atoms with Gasteiger partial charge in [0.15, 0.2) is 0 Å². The normalized spacial score (nSPS) is 10.0. The van der Waals surface area contributed by atoms with Crippen molar-refractivity contribution < 1.29 is 14.4 Å². The second kappa shape index (κ2) is 5.27. The summed E-state index contributed by atoms with van der Waals surface area (Å²) >= 11 is 0. The van der Waals surface area contributed by atoms with Crippen LogP contribution in [0.4, 0.5) is 11.6 Å². The number of aromatic nitrogens is 2. The van der Waals surface area contributed by atoms with E-state index in [0.29, 0.717) is 0 Å². The van der Waals surface area contributed by atoms with Crippen molar-refractivity contribution in [3.05, 3.63) is 47.8 Å². The minimum atomic E-state index is -1.23. The van der Waals surface area contributed by atoms with E-state index >= 15 is 0 Å². The van der Waals surface area contributed by atoms with Crippen LogP contribution < -0.4 is 11.5 Å². The van der Waals surface area contributed by atoms with Crippen molar-refractivity contribution in [2.45, 2.75) is 0 Å². The van der Waals surface area contributed by atoms with Gasteiger partial charge in [-0.05, 0) is 24.3 Å². The van der Waals surface area contributed by atoms with Gasteiger partial charge in [-0.15, -0.1) is 0 Å². The van der Waals surface area contributed by atoms with Crippen molar-refractivity contribution in [3.8, 4) is 0 Å². The molecular weight excluding hydrogens is 260 g/mol. The Labute approximate surface area is 113 Å². The molecule has 0 radical (unpaired) electrons. The van der Waals surface area contributed by atoms with E-state index in [1.54, 1.807) is 0 Å². The van der Waals surface area contributed by atoms with E-state index in [1.807, 2.05) is 0 Å². The fourth-order valence-corrected chi connectivity index (χ4v) is 1.57. The Morgan fingerprint density at radius 3 is 1.55 bits per heavy atom. The summed E-state index contributed by atoms with van der Waals surface area (Å²) in [5.74, 6) is -3.51. The van der Waals surface area contributed by atoms with Crippen LogP contribution in [0.3, 0.4) is 0 Å². The fourth-order valence-electron chi connectivity index (χ4n) is 1.57. The quantitative estimate of drug-likeness (QED) is 0.463. The highest BCUT2D eigenvalue weighted by Crippen LogP contribution is 2.13. The van der Waals surface area contributed by atoms with Crippen molar-refractivity contribution >= 4 is 29.0 Å². The van der Waals surface area contributed by atoms with Gasteiger partial charge in [-0.3, -0.25) is 14.4 Å². The van der Waals surface area contributed by atoms with E-state index in [9.17, 15) is 14.4 Å². The third kappa shape index (κ3) is 2.37. The number of carbonyl (C=O) groups is 3. The zero-order valence-corrected chi connectivity index (χ0v) is 10.2. The highest BCUT2D eigenvalue weighted by molar-refractivity contribution is 6.70. The van der Waals surface area contributed by atoms with Crippen LogP contribution in [-0.2, 0) is 4.79 Å². The molecule has 0 unspecified atom stereocenters. The molecule has 0 spiro atoms. The molecule has 2 aromatic heterocycles. The third-order valence-corrected chi connectivity index (χ3v) is 2.58. The lowest BCUT2D eigenvalue weighted by molar-refractivity contribution is -0.111. The highest BCUT2D eigenvalue weighted by atomic mass is 16.2. The first-order valence-electron chi connectivity index (χ1n) is 5.56. The number of nitrogen functional groups attached to an aromatic ring is 2. The monoisotopic (exact) mass is 270 g/mol. The molecule has 2 heterocycles. The first-order chi connectivity index (χ1) is 9.52. The molecule has 0 atom stereocenters. The lowest BCUT2D eigenvalue weighted by atomic mass is 10.0. The predicted octanol–water partition coefficient (Wildman–Crippen LogP) is 0.276. The third-order valence-electron chi connectivity index (χ3n) is 2.58. The smallest absolute Gasteiger partial charge is 0.274 e. The summed E-state index contributed by atoms with van der Waals surface area (Å²) < 4.78 is 0. The fraction of sp³-hybridized carbons (Fsp3) is 0. The van der Waals surface area contributed by atoms with Gasteiger partial charge < -0.3 is 11.5 Å². The van der Waals surface area contributed by atoms with Gasteiger partial charge in [0.2, 0.25) is 11.6 Å². The second-order valence-corrected chi connectivity index (χ2v) is 3.86. The Kier molecular flexibility index (Phi) is 3.52. The van der Waals surface area contributed by atoms with Gasteiger partial charge in [0.25, 0.3) is 5.78 Å². The number of hydrogen-bond donors (Lipinski definition) is 2. The van der Waals surface area contributed by atoms with Gasteiger partial charge in [0, 0.05) is 12.4 Å². The molecule has 0 saturated heterocycles. The lowest BCUT2D eigenvalue weighted by Crippen LogP contribution is -2.26. The van der Waals surface area contributed by atoms with Crippen LogP contribution >= 0.6 is 0 Å². The van der Waals surface area contributed by atoms with Gasteiger partial charge in [-0.25, -0.2) is 9.97 Å². The number of pyridine rings is 2. The van der Waals surface area contributed by atoms with Crippen LogP contribution in [0.25, 0.3) is 0 Å². The first kappa shape index (κ1) is 13.3. The van der Waals surface area contributed by atoms with Crippen LogP contribution in [0.1, 0.15) is 20.7 Å². The van der Waals surface area contributed by atoms with Crippen molar-refractivity contribution in [2.75, 3.05) is 11.5 Å². The standard InChI is InChI=1S/C13H10N4O3/c14-12-7(3-1-5-16-12)9(18)11(20)10(19)8-4-2-6-17-13(8)15/h1-6H,(H2,14,16)(H2,15,17). The van der Waals surface area contributed by atoms with Gasteiger partial charge >= 0.3 is 0 Å². The molecule has 4 N–H and O–H groups in total. The van der Waals surface area contributed by atoms with Crippen LogP contribution in [0.2, 0.25) is 0 Å². The first-order valence-corrected chi connectivity index (χ1v) is 5.56. The molecule has 0 aliphatic rings. The number of rotatable bonds is 4. The minimum Gasteiger partial charge on any atom is -0.383 e. The summed E-state index contributed by atoms with van der Waals surface area (Å²) in [6.07, 6.45) is 2.75. The summed E-state index contributed by atoms with van der Waals surface area (Å²) in [5, 5.41) is 0. The van der Waals surface area contributed by atoms with Crippen LogP contribution in [0, 0.1) is 0 Å². The van der Waals surface area contributed by atoms with Crippen molar-refractivity contribution in [2.24, 2.45) is 0 Å². The van der Waals surface area contributed by atoms with Crippen molar-refractivity contribution in [3.63, 3.8) is 0 Å².